The molecule has 0 aliphatic carbocycles. The van der Waals surface area contributed by atoms with E-state index in [1.54, 1.807) is 11.8 Å². The second-order valence-electron chi connectivity index (χ2n) is 5.39. The van der Waals surface area contributed by atoms with Gasteiger partial charge in [0.2, 0.25) is 5.91 Å². The van der Waals surface area contributed by atoms with E-state index in [1.807, 2.05) is 38.1 Å². The van der Waals surface area contributed by atoms with Gasteiger partial charge in [0.15, 0.2) is 0 Å². The average Bonchev–Trinajstić information content (AvgIpc) is 2.81. The van der Waals surface area contributed by atoms with Crippen molar-refractivity contribution in [2.24, 2.45) is 0 Å². The third kappa shape index (κ3) is 4.62. The number of aryl methyl sites for hydroxylation is 3. The molecule has 0 fully saturated rings. The minimum absolute atomic E-state index is 0.00292. The first-order valence-corrected chi connectivity index (χ1v) is 7.49. The van der Waals surface area contributed by atoms with Crippen LogP contribution in [-0.4, -0.2) is 29.3 Å². The Morgan fingerprint density at radius 3 is 2.82 bits per heavy atom. The van der Waals surface area contributed by atoms with Crippen LogP contribution in [0.2, 0.25) is 0 Å². The maximum absolute atomic E-state index is 11.9. The van der Waals surface area contributed by atoms with Crippen molar-refractivity contribution < 1.29 is 9.53 Å². The van der Waals surface area contributed by atoms with E-state index >= 15 is 0 Å². The highest BCUT2D eigenvalue weighted by atomic mass is 16.5. The van der Waals surface area contributed by atoms with E-state index in [0.29, 0.717) is 6.54 Å². The zero-order valence-corrected chi connectivity index (χ0v) is 13.4. The van der Waals surface area contributed by atoms with Gasteiger partial charge in [-0.05, 0) is 50.5 Å². The van der Waals surface area contributed by atoms with E-state index in [9.17, 15) is 4.79 Å². The van der Waals surface area contributed by atoms with Crippen LogP contribution >= 0.6 is 0 Å². The molecule has 0 radical (unpaired) electrons. The van der Waals surface area contributed by atoms with Gasteiger partial charge in [0, 0.05) is 12.2 Å². The molecule has 5 heteroatoms. The van der Waals surface area contributed by atoms with E-state index in [0.717, 1.165) is 30.0 Å². The topological polar surface area (TPSA) is 56.1 Å². The molecule has 5 nitrogen and oxygen atoms in total. The number of nitrogens with one attached hydrogen (secondary N) is 1. The monoisotopic (exact) mass is 301 g/mol. The van der Waals surface area contributed by atoms with Crippen molar-refractivity contribution >= 4 is 5.91 Å². The number of ether oxygens (including phenoxy) is 1. The largest absolute Gasteiger partial charge is 0.497 e. The number of amides is 1. The summed E-state index contributed by atoms with van der Waals surface area (Å²) in [6.07, 6.45) is 1.81. The Bertz CT molecular complexity index is 635. The molecule has 0 spiro atoms. The van der Waals surface area contributed by atoms with E-state index < -0.39 is 0 Å². The Balaban J connectivity index is 1.72. The van der Waals surface area contributed by atoms with Gasteiger partial charge in [-0.3, -0.25) is 9.48 Å². The second-order valence-corrected chi connectivity index (χ2v) is 5.39. The van der Waals surface area contributed by atoms with E-state index in [-0.39, 0.29) is 12.5 Å². The van der Waals surface area contributed by atoms with Crippen molar-refractivity contribution in [1.29, 1.82) is 0 Å². The van der Waals surface area contributed by atoms with Gasteiger partial charge in [-0.25, -0.2) is 0 Å². The van der Waals surface area contributed by atoms with Crippen molar-refractivity contribution in [3.8, 4) is 5.75 Å². The maximum atomic E-state index is 11.9. The zero-order valence-electron chi connectivity index (χ0n) is 13.4. The second kappa shape index (κ2) is 7.64. The molecule has 0 aliphatic heterocycles. The molecular formula is C17H23N3O2. The van der Waals surface area contributed by atoms with E-state index in [1.165, 1.54) is 5.56 Å². The van der Waals surface area contributed by atoms with Gasteiger partial charge in [0.1, 0.15) is 12.3 Å². The molecule has 0 saturated heterocycles. The first-order chi connectivity index (χ1) is 10.6. The van der Waals surface area contributed by atoms with Crippen molar-refractivity contribution in [2.45, 2.75) is 33.2 Å². The SMILES string of the molecule is COc1cccc(CCCNC(=O)Cn2nc(C)cc2C)c1. The first kappa shape index (κ1) is 16.1. The smallest absolute Gasteiger partial charge is 0.241 e. The van der Waals surface area contributed by atoms with Gasteiger partial charge in [-0.1, -0.05) is 12.1 Å². The number of carbonyl (C=O) groups is 1. The maximum Gasteiger partial charge on any atom is 0.241 e. The fourth-order valence-electron chi connectivity index (χ4n) is 2.38. The quantitative estimate of drug-likeness (QED) is 0.798. The molecule has 0 saturated carbocycles. The molecule has 0 bridgehead atoms. The summed E-state index contributed by atoms with van der Waals surface area (Å²) in [5.74, 6) is 0.864. The van der Waals surface area contributed by atoms with Gasteiger partial charge < -0.3 is 10.1 Å². The molecule has 1 aromatic heterocycles. The summed E-state index contributed by atoms with van der Waals surface area (Å²) in [6, 6.07) is 9.98. The first-order valence-electron chi connectivity index (χ1n) is 7.49. The van der Waals surface area contributed by atoms with Crippen LogP contribution in [-0.2, 0) is 17.8 Å². The van der Waals surface area contributed by atoms with Gasteiger partial charge in [-0.2, -0.15) is 5.10 Å². The van der Waals surface area contributed by atoms with Gasteiger partial charge in [0.25, 0.3) is 0 Å². The molecule has 1 amide bonds. The predicted octanol–water partition coefficient (Wildman–Crippen LogP) is 2.26. The minimum atomic E-state index is -0.00292. The number of hydrogen-bond donors (Lipinski definition) is 1. The summed E-state index contributed by atoms with van der Waals surface area (Å²) in [5.41, 5.74) is 3.15. The van der Waals surface area contributed by atoms with Crippen molar-refractivity contribution in [2.75, 3.05) is 13.7 Å². The van der Waals surface area contributed by atoms with E-state index in [2.05, 4.69) is 16.5 Å². The van der Waals surface area contributed by atoms with Crippen LogP contribution < -0.4 is 10.1 Å². The number of carbonyl (C=O) groups excluding carboxylic acids is 1. The Kier molecular flexibility index (Phi) is 5.58. The molecule has 1 N–H and O–H groups in total. The predicted molar refractivity (Wildman–Crippen MR) is 86.0 cm³/mol. The Morgan fingerprint density at radius 2 is 2.14 bits per heavy atom. The summed E-state index contributed by atoms with van der Waals surface area (Å²) in [4.78, 5) is 11.9. The van der Waals surface area contributed by atoms with Gasteiger partial charge in [0.05, 0.1) is 12.8 Å². The summed E-state index contributed by atoms with van der Waals surface area (Å²) in [6.45, 7) is 4.82. The van der Waals surface area contributed by atoms with E-state index in [4.69, 9.17) is 4.74 Å². The van der Waals surface area contributed by atoms with Crippen molar-refractivity contribution in [3.63, 3.8) is 0 Å². The molecular weight excluding hydrogens is 278 g/mol. The standard InChI is InChI=1S/C17H23N3O2/c1-13-10-14(2)20(19-13)12-17(21)18-9-5-7-15-6-4-8-16(11-15)22-3/h4,6,8,10-11H,5,7,9,12H2,1-3H3,(H,18,21). The number of hydrogen-bond acceptors (Lipinski definition) is 3. The molecule has 0 aliphatic rings. The van der Waals surface area contributed by atoms with Crippen LogP contribution in [0.25, 0.3) is 0 Å². The number of aromatic nitrogens is 2. The lowest BCUT2D eigenvalue weighted by Gasteiger charge is -2.07. The zero-order chi connectivity index (χ0) is 15.9. The number of methoxy groups -OCH3 is 1. The van der Waals surface area contributed by atoms with Gasteiger partial charge >= 0.3 is 0 Å². The highest BCUT2D eigenvalue weighted by Gasteiger charge is 2.06. The van der Waals surface area contributed by atoms with Crippen LogP contribution in [0.1, 0.15) is 23.4 Å². The van der Waals surface area contributed by atoms with Crippen LogP contribution in [0.5, 0.6) is 5.75 Å². The van der Waals surface area contributed by atoms with Crippen LogP contribution in [0.4, 0.5) is 0 Å². The lowest BCUT2D eigenvalue weighted by atomic mass is 10.1. The summed E-state index contributed by atoms with van der Waals surface area (Å²) >= 11 is 0. The molecule has 2 rings (SSSR count). The lowest BCUT2D eigenvalue weighted by Crippen LogP contribution is -2.29. The lowest BCUT2D eigenvalue weighted by molar-refractivity contribution is -0.121. The number of rotatable bonds is 7. The molecule has 1 heterocycles. The molecule has 22 heavy (non-hydrogen) atoms. The summed E-state index contributed by atoms with van der Waals surface area (Å²) < 4.78 is 6.93. The Labute approximate surface area is 131 Å². The number of nitrogens with zero attached hydrogens (tertiary/aromatic N) is 2. The minimum Gasteiger partial charge on any atom is -0.497 e. The highest BCUT2D eigenvalue weighted by Crippen LogP contribution is 2.13. The average molecular weight is 301 g/mol. The molecule has 118 valence electrons. The Hall–Kier alpha value is -2.30. The van der Waals surface area contributed by atoms with Crippen molar-refractivity contribution in [1.82, 2.24) is 15.1 Å². The van der Waals surface area contributed by atoms with Crippen LogP contribution in [0.3, 0.4) is 0 Å². The van der Waals surface area contributed by atoms with Crippen LogP contribution in [0, 0.1) is 13.8 Å². The summed E-state index contributed by atoms with van der Waals surface area (Å²) in [7, 11) is 1.67. The molecule has 2 aromatic rings. The number of benzene rings is 1. The third-order valence-corrected chi connectivity index (χ3v) is 3.50. The normalized spacial score (nSPS) is 10.5. The molecule has 1 aromatic carbocycles. The third-order valence-electron chi connectivity index (χ3n) is 3.50. The fraction of sp³-hybridized carbons (Fsp3) is 0.412. The molecule has 0 unspecified atom stereocenters. The Morgan fingerprint density at radius 1 is 1.32 bits per heavy atom. The fourth-order valence-corrected chi connectivity index (χ4v) is 2.38. The highest BCUT2D eigenvalue weighted by molar-refractivity contribution is 5.75. The van der Waals surface area contributed by atoms with Crippen LogP contribution in [0.15, 0.2) is 30.3 Å². The van der Waals surface area contributed by atoms with Gasteiger partial charge in [-0.15, -0.1) is 0 Å². The summed E-state index contributed by atoms with van der Waals surface area (Å²) in [5, 5.41) is 7.22. The van der Waals surface area contributed by atoms with Crippen molar-refractivity contribution in [3.05, 3.63) is 47.3 Å². The molecule has 0 atom stereocenters.